The Morgan fingerprint density at radius 2 is 1.72 bits per heavy atom. The predicted molar refractivity (Wildman–Crippen MR) is 96.0 cm³/mol. The highest BCUT2D eigenvalue weighted by molar-refractivity contribution is 5.45. The monoisotopic (exact) mass is 343 g/mol. The zero-order valence-electron chi connectivity index (χ0n) is 14.7. The molecular formula is C20H25NO4. The molecule has 1 aliphatic heterocycles. The highest BCUT2D eigenvalue weighted by atomic mass is 16.5. The molecule has 0 amide bonds. The fraction of sp³-hybridized carbons (Fsp3) is 0.400. The average molecular weight is 343 g/mol. The van der Waals surface area contributed by atoms with Crippen LogP contribution in [0.3, 0.4) is 0 Å². The number of methoxy groups -OCH3 is 2. The largest absolute Gasteiger partial charge is 0.496 e. The standard InChI is InChI=1S/C20H25NO4/c1-23-17-9-6-10-18(24-2)16(17)13-21-11-12-25-19(14-22)20(21)15-7-4-3-5-8-15/h3-10,19-20,22H,11-14H2,1-2H3. The lowest BCUT2D eigenvalue weighted by molar-refractivity contribution is -0.0962. The third kappa shape index (κ3) is 3.79. The molecule has 3 rings (SSSR count). The Morgan fingerprint density at radius 1 is 1.04 bits per heavy atom. The van der Waals surface area contributed by atoms with Crippen molar-refractivity contribution in [3.63, 3.8) is 0 Å². The van der Waals surface area contributed by atoms with Gasteiger partial charge in [0.15, 0.2) is 0 Å². The first-order valence-electron chi connectivity index (χ1n) is 8.49. The zero-order valence-corrected chi connectivity index (χ0v) is 14.7. The van der Waals surface area contributed by atoms with Gasteiger partial charge in [0.1, 0.15) is 17.6 Å². The van der Waals surface area contributed by atoms with E-state index in [1.54, 1.807) is 14.2 Å². The van der Waals surface area contributed by atoms with Gasteiger partial charge < -0.3 is 19.3 Å². The summed E-state index contributed by atoms with van der Waals surface area (Å²) < 4.78 is 16.9. The molecule has 1 fully saturated rings. The van der Waals surface area contributed by atoms with Gasteiger partial charge in [-0.1, -0.05) is 36.4 Å². The molecule has 1 heterocycles. The van der Waals surface area contributed by atoms with Crippen molar-refractivity contribution in [1.29, 1.82) is 0 Å². The van der Waals surface area contributed by atoms with Crippen molar-refractivity contribution < 1.29 is 19.3 Å². The minimum atomic E-state index is -0.253. The highest BCUT2D eigenvalue weighted by Gasteiger charge is 2.34. The molecule has 5 heteroatoms. The molecule has 1 saturated heterocycles. The van der Waals surface area contributed by atoms with Gasteiger partial charge in [0, 0.05) is 13.1 Å². The van der Waals surface area contributed by atoms with Crippen LogP contribution >= 0.6 is 0 Å². The van der Waals surface area contributed by atoms with E-state index >= 15 is 0 Å². The fourth-order valence-electron chi connectivity index (χ4n) is 3.48. The lowest BCUT2D eigenvalue weighted by Crippen LogP contribution is -2.46. The molecule has 2 atom stereocenters. The van der Waals surface area contributed by atoms with Crippen LogP contribution in [0.25, 0.3) is 0 Å². The number of hydrogen-bond acceptors (Lipinski definition) is 5. The summed E-state index contributed by atoms with van der Waals surface area (Å²) >= 11 is 0. The Bertz CT molecular complexity index is 654. The summed E-state index contributed by atoms with van der Waals surface area (Å²) in [5, 5.41) is 9.81. The van der Waals surface area contributed by atoms with E-state index < -0.39 is 0 Å². The van der Waals surface area contributed by atoms with Gasteiger partial charge >= 0.3 is 0 Å². The van der Waals surface area contributed by atoms with Crippen LogP contribution in [0, 0.1) is 0 Å². The van der Waals surface area contributed by atoms with E-state index in [2.05, 4.69) is 17.0 Å². The van der Waals surface area contributed by atoms with E-state index in [1.807, 2.05) is 36.4 Å². The molecule has 1 N–H and O–H groups in total. The van der Waals surface area contributed by atoms with Crippen molar-refractivity contribution in [2.75, 3.05) is 34.0 Å². The Balaban J connectivity index is 1.94. The number of hydrogen-bond donors (Lipinski definition) is 1. The summed E-state index contributed by atoms with van der Waals surface area (Å²) in [6.45, 7) is 2.01. The summed E-state index contributed by atoms with van der Waals surface area (Å²) in [5.41, 5.74) is 2.14. The van der Waals surface area contributed by atoms with Gasteiger partial charge in [-0.3, -0.25) is 4.90 Å². The third-order valence-electron chi connectivity index (χ3n) is 4.67. The van der Waals surface area contributed by atoms with Crippen LogP contribution in [-0.2, 0) is 11.3 Å². The number of ether oxygens (including phenoxy) is 3. The minimum Gasteiger partial charge on any atom is -0.496 e. The Labute approximate surface area is 148 Å². The lowest BCUT2D eigenvalue weighted by atomic mass is 9.97. The topological polar surface area (TPSA) is 51.2 Å². The minimum absolute atomic E-state index is 0.0148. The van der Waals surface area contributed by atoms with E-state index in [9.17, 15) is 5.11 Å². The molecule has 2 unspecified atom stereocenters. The average Bonchev–Trinajstić information content (AvgIpc) is 2.68. The molecule has 0 saturated carbocycles. The molecule has 0 aliphatic carbocycles. The molecule has 0 radical (unpaired) electrons. The first-order chi connectivity index (χ1) is 12.3. The van der Waals surface area contributed by atoms with E-state index in [-0.39, 0.29) is 18.8 Å². The zero-order chi connectivity index (χ0) is 17.6. The van der Waals surface area contributed by atoms with Crippen molar-refractivity contribution in [3.05, 3.63) is 59.7 Å². The van der Waals surface area contributed by atoms with Crippen LogP contribution in [0.4, 0.5) is 0 Å². The fourth-order valence-corrected chi connectivity index (χ4v) is 3.48. The van der Waals surface area contributed by atoms with Gasteiger partial charge in [0.25, 0.3) is 0 Å². The normalized spacial score (nSPS) is 21.1. The molecule has 5 nitrogen and oxygen atoms in total. The SMILES string of the molecule is COc1cccc(OC)c1CN1CCOC(CO)C1c1ccccc1. The Hall–Kier alpha value is -2.08. The second-order valence-corrected chi connectivity index (χ2v) is 6.06. The van der Waals surface area contributed by atoms with Crippen LogP contribution in [0.1, 0.15) is 17.2 Å². The van der Waals surface area contributed by atoms with Crippen molar-refractivity contribution in [2.24, 2.45) is 0 Å². The van der Waals surface area contributed by atoms with Crippen LogP contribution in [0.2, 0.25) is 0 Å². The lowest BCUT2D eigenvalue weighted by Gasteiger charge is -2.41. The second kappa shape index (κ2) is 8.34. The molecule has 1 aliphatic rings. The van der Waals surface area contributed by atoms with E-state index in [1.165, 1.54) is 0 Å². The van der Waals surface area contributed by atoms with Crippen LogP contribution < -0.4 is 9.47 Å². The molecular weight excluding hydrogens is 318 g/mol. The number of benzene rings is 2. The van der Waals surface area contributed by atoms with Crippen LogP contribution in [-0.4, -0.2) is 50.1 Å². The first-order valence-corrected chi connectivity index (χ1v) is 8.49. The van der Waals surface area contributed by atoms with E-state index in [0.29, 0.717) is 13.2 Å². The van der Waals surface area contributed by atoms with Crippen LogP contribution in [0.5, 0.6) is 11.5 Å². The highest BCUT2D eigenvalue weighted by Crippen LogP contribution is 2.35. The van der Waals surface area contributed by atoms with Gasteiger partial charge in [0.05, 0.1) is 39.0 Å². The van der Waals surface area contributed by atoms with Crippen molar-refractivity contribution >= 4 is 0 Å². The number of aliphatic hydroxyl groups excluding tert-OH is 1. The molecule has 2 aromatic carbocycles. The molecule has 2 aromatic rings. The quantitative estimate of drug-likeness (QED) is 0.874. The van der Waals surface area contributed by atoms with Crippen LogP contribution in [0.15, 0.2) is 48.5 Å². The molecule has 0 aromatic heterocycles. The maximum absolute atomic E-state index is 9.81. The molecule has 134 valence electrons. The smallest absolute Gasteiger partial charge is 0.127 e. The summed E-state index contributed by atoms with van der Waals surface area (Å²) in [6, 6.07) is 16.0. The molecule has 0 bridgehead atoms. The van der Waals surface area contributed by atoms with Gasteiger partial charge in [0.2, 0.25) is 0 Å². The van der Waals surface area contributed by atoms with Crippen molar-refractivity contribution in [1.82, 2.24) is 4.90 Å². The summed E-state index contributed by atoms with van der Waals surface area (Å²) in [7, 11) is 3.34. The van der Waals surface area contributed by atoms with Crippen molar-refractivity contribution in [2.45, 2.75) is 18.7 Å². The Morgan fingerprint density at radius 3 is 2.32 bits per heavy atom. The van der Waals surface area contributed by atoms with Gasteiger partial charge in [-0.2, -0.15) is 0 Å². The number of morpholine rings is 1. The third-order valence-corrected chi connectivity index (χ3v) is 4.67. The summed E-state index contributed by atoms with van der Waals surface area (Å²) in [5.74, 6) is 1.61. The van der Waals surface area contributed by atoms with E-state index in [4.69, 9.17) is 14.2 Å². The number of rotatable bonds is 6. The number of aliphatic hydroxyl groups is 1. The molecule has 25 heavy (non-hydrogen) atoms. The van der Waals surface area contributed by atoms with Gasteiger partial charge in [-0.05, 0) is 17.7 Å². The first kappa shape index (κ1) is 17.7. The second-order valence-electron chi connectivity index (χ2n) is 6.06. The maximum atomic E-state index is 9.81. The van der Waals surface area contributed by atoms with Crippen molar-refractivity contribution in [3.8, 4) is 11.5 Å². The van der Waals surface area contributed by atoms with E-state index in [0.717, 1.165) is 29.2 Å². The maximum Gasteiger partial charge on any atom is 0.127 e. The number of nitrogens with zero attached hydrogens (tertiary/aromatic N) is 1. The molecule has 0 spiro atoms. The Kier molecular flexibility index (Phi) is 5.91. The van der Waals surface area contributed by atoms with Gasteiger partial charge in [-0.15, -0.1) is 0 Å². The summed E-state index contributed by atoms with van der Waals surface area (Å²) in [4.78, 5) is 2.32. The predicted octanol–water partition coefficient (Wildman–Crippen LogP) is 2.64. The summed E-state index contributed by atoms with van der Waals surface area (Å²) in [6.07, 6.45) is -0.253. The van der Waals surface area contributed by atoms with Gasteiger partial charge in [-0.25, -0.2) is 0 Å².